The van der Waals surface area contributed by atoms with Gasteiger partial charge in [0.15, 0.2) is 0 Å². The Hall–Kier alpha value is -0.120. The first-order valence-electron chi connectivity index (χ1n) is 3.33. The minimum Gasteiger partial charge on any atom is -0.317 e. The predicted molar refractivity (Wildman–Crippen MR) is 34.0 cm³/mol. The van der Waals surface area contributed by atoms with Crippen molar-refractivity contribution < 1.29 is 9.78 Å². The molecule has 3 heteroatoms. The average Bonchev–Trinajstić information content (AvgIpc) is 1.91. The van der Waals surface area contributed by atoms with E-state index in [2.05, 4.69) is 10.2 Å². The summed E-state index contributed by atoms with van der Waals surface area (Å²) in [5, 5.41) is 3.24. The highest BCUT2D eigenvalue weighted by Crippen LogP contribution is 2.05. The minimum absolute atomic E-state index is 0.316. The maximum absolute atomic E-state index is 4.94. The standard InChI is InChI=1S/C6H13NO2/c1-8-9-6-2-4-7-5-3-6/h6-7H,2-5H2,1H3. The Morgan fingerprint density at radius 3 is 2.56 bits per heavy atom. The molecule has 0 bridgehead atoms. The fraction of sp³-hybridized carbons (Fsp3) is 1.00. The van der Waals surface area contributed by atoms with E-state index in [4.69, 9.17) is 4.89 Å². The van der Waals surface area contributed by atoms with Gasteiger partial charge in [-0.3, -0.25) is 0 Å². The van der Waals surface area contributed by atoms with Gasteiger partial charge in [0.2, 0.25) is 0 Å². The first-order chi connectivity index (χ1) is 4.43. The van der Waals surface area contributed by atoms with Crippen LogP contribution in [0.5, 0.6) is 0 Å². The highest BCUT2D eigenvalue weighted by molar-refractivity contribution is 4.66. The molecule has 0 aromatic carbocycles. The molecule has 0 radical (unpaired) electrons. The summed E-state index contributed by atoms with van der Waals surface area (Å²) >= 11 is 0. The van der Waals surface area contributed by atoms with Crippen molar-refractivity contribution in [3.63, 3.8) is 0 Å². The summed E-state index contributed by atoms with van der Waals surface area (Å²) in [6, 6.07) is 0. The second-order valence-corrected chi connectivity index (χ2v) is 2.21. The Balaban J connectivity index is 2.08. The molecule has 0 unspecified atom stereocenters. The molecule has 0 amide bonds. The van der Waals surface area contributed by atoms with Crippen LogP contribution < -0.4 is 5.32 Å². The number of piperidine rings is 1. The topological polar surface area (TPSA) is 30.5 Å². The number of nitrogens with one attached hydrogen (secondary N) is 1. The van der Waals surface area contributed by atoms with Crippen molar-refractivity contribution in [2.24, 2.45) is 0 Å². The van der Waals surface area contributed by atoms with Crippen LogP contribution >= 0.6 is 0 Å². The SMILES string of the molecule is COOC1CCNCC1. The van der Waals surface area contributed by atoms with Crippen LogP contribution in [-0.2, 0) is 9.78 Å². The van der Waals surface area contributed by atoms with E-state index >= 15 is 0 Å². The summed E-state index contributed by atoms with van der Waals surface area (Å²) in [5.74, 6) is 0. The molecular formula is C6H13NO2. The van der Waals surface area contributed by atoms with Gasteiger partial charge in [-0.1, -0.05) is 0 Å². The zero-order valence-electron chi connectivity index (χ0n) is 5.72. The van der Waals surface area contributed by atoms with E-state index in [1.165, 1.54) is 0 Å². The van der Waals surface area contributed by atoms with E-state index in [0.29, 0.717) is 6.10 Å². The fourth-order valence-electron chi connectivity index (χ4n) is 1.03. The maximum Gasteiger partial charge on any atom is 0.0954 e. The molecule has 1 rings (SSSR count). The minimum atomic E-state index is 0.316. The van der Waals surface area contributed by atoms with Crippen LogP contribution in [0.4, 0.5) is 0 Å². The summed E-state index contributed by atoms with van der Waals surface area (Å²) in [4.78, 5) is 9.50. The van der Waals surface area contributed by atoms with Crippen LogP contribution in [-0.4, -0.2) is 26.3 Å². The van der Waals surface area contributed by atoms with Gasteiger partial charge in [-0.15, -0.1) is 0 Å². The molecule has 1 aliphatic rings. The molecule has 9 heavy (non-hydrogen) atoms. The second kappa shape index (κ2) is 3.82. The Bertz CT molecular complexity index is 68.7. The number of rotatable bonds is 2. The first-order valence-corrected chi connectivity index (χ1v) is 3.33. The second-order valence-electron chi connectivity index (χ2n) is 2.21. The Labute approximate surface area is 55.3 Å². The van der Waals surface area contributed by atoms with E-state index in [9.17, 15) is 0 Å². The van der Waals surface area contributed by atoms with Gasteiger partial charge in [0.25, 0.3) is 0 Å². The van der Waals surface area contributed by atoms with Crippen LogP contribution in [0.15, 0.2) is 0 Å². The third-order valence-electron chi connectivity index (χ3n) is 1.52. The quantitative estimate of drug-likeness (QED) is 0.432. The molecule has 1 fully saturated rings. The van der Waals surface area contributed by atoms with Gasteiger partial charge < -0.3 is 5.32 Å². The van der Waals surface area contributed by atoms with Crippen molar-refractivity contribution in [2.75, 3.05) is 20.2 Å². The van der Waals surface area contributed by atoms with E-state index in [1.807, 2.05) is 0 Å². The van der Waals surface area contributed by atoms with Gasteiger partial charge in [-0.2, -0.15) is 0 Å². The van der Waals surface area contributed by atoms with Crippen molar-refractivity contribution in [3.8, 4) is 0 Å². The third kappa shape index (κ3) is 2.30. The summed E-state index contributed by atoms with van der Waals surface area (Å²) in [5.41, 5.74) is 0. The monoisotopic (exact) mass is 131 g/mol. The van der Waals surface area contributed by atoms with Gasteiger partial charge >= 0.3 is 0 Å². The van der Waals surface area contributed by atoms with Gasteiger partial charge in [-0.05, 0) is 25.9 Å². The zero-order chi connectivity index (χ0) is 6.53. The lowest BCUT2D eigenvalue weighted by molar-refractivity contribution is -0.308. The van der Waals surface area contributed by atoms with Crippen molar-refractivity contribution in [1.29, 1.82) is 0 Å². The summed E-state index contributed by atoms with van der Waals surface area (Å²) in [7, 11) is 1.56. The average molecular weight is 131 g/mol. The zero-order valence-corrected chi connectivity index (χ0v) is 5.72. The number of hydrogen-bond acceptors (Lipinski definition) is 3. The van der Waals surface area contributed by atoms with Gasteiger partial charge in [-0.25, -0.2) is 9.78 Å². The van der Waals surface area contributed by atoms with Crippen LogP contribution in [0, 0.1) is 0 Å². The van der Waals surface area contributed by atoms with Crippen molar-refractivity contribution in [1.82, 2.24) is 5.32 Å². The third-order valence-corrected chi connectivity index (χ3v) is 1.52. The molecule has 1 heterocycles. The summed E-state index contributed by atoms with van der Waals surface area (Å²) < 4.78 is 0. The molecular weight excluding hydrogens is 118 g/mol. The first kappa shape index (κ1) is 6.99. The normalized spacial score (nSPS) is 22.3. The fourth-order valence-corrected chi connectivity index (χ4v) is 1.03. The van der Waals surface area contributed by atoms with Gasteiger partial charge in [0.05, 0.1) is 13.2 Å². The highest BCUT2D eigenvalue weighted by Gasteiger charge is 2.12. The smallest absolute Gasteiger partial charge is 0.0954 e. The molecule has 0 spiro atoms. The molecule has 1 aliphatic heterocycles. The summed E-state index contributed by atoms with van der Waals surface area (Å²) in [6.45, 7) is 2.10. The molecule has 0 saturated carbocycles. The molecule has 54 valence electrons. The Morgan fingerprint density at radius 1 is 1.33 bits per heavy atom. The molecule has 1 saturated heterocycles. The van der Waals surface area contributed by atoms with Crippen molar-refractivity contribution in [3.05, 3.63) is 0 Å². The van der Waals surface area contributed by atoms with Crippen LogP contribution in [0.25, 0.3) is 0 Å². The lowest BCUT2D eigenvalue weighted by Gasteiger charge is -2.20. The Morgan fingerprint density at radius 2 is 2.00 bits per heavy atom. The van der Waals surface area contributed by atoms with E-state index in [0.717, 1.165) is 25.9 Å². The molecule has 3 nitrogen and oxygen atoms in total. The van der Waals surface area contributed by atoms with Gasteiger partial charge in [0.1, 0.15) is 0 Å². The van der Waals surface area contributed by atoms with E-state index < -0.39 is 0 Å². The molecule has 0 aliphatic carbocycles. The van der Waals surface area contributed by atoms with Gasteiger partial charge in [0, 0.05) is 0 Å². The van der Waals surface area contributed by atoms with Crippen LogP contribution in [0.2, 0.25) is 0 Å². The van der Waals surface area contributed by atoms with Crippen molar-refractivity contribution in [2.45, 2.75) is 18.9 Å². The lowest BCUT2D eigenvalue weighted by Crippen LogP contribution is -2.32. The van der Waals surface area contributed by atoms with Crippen molar-refractivity contribution >= 4 is 0 Å². The van der Waals surface area contributed by atoms with Crippen LogP contribution in [0.3, 0.4) is 0 Å². The number of hydrogen-bond donors (Lipinski definition) is 1. The van der Waals surface area contributed by atoms with Crippen LogP contribution in [0.1, 0.15) is 12.8 Å². The molecule has 0 atom stereocenters. The molecule has 0 aromatic heterocycles. The summed E-state index contributed by atoms with van der Waals surface area (Å²) in [6.07, 6.45) is 2.44. The Kier molecular flexibility index (Phi) is 2.97. The molecule has 1 N–H and O–H groups in total. The molecule has 0 aromatic rings. The van der Waals surface area contributed by atoms with E-state index in [-0.39, 0.29) is 0 Å². The highest BCUT2D eigenvalue weighted by atomic mass is 17.2. The maximum atomic E-state index is 4.94. The van der Waals surface area contributed by atoms with E-state index in [1.54, 1.807) is 7.11 Å². The lowest BCUT2D eigenvalue weighted by atomic mass is 10.1. The largest absolute Gasteiger partial charge is 0.317 e. The predicted octanol–water partition coefficient (Wildman–Crippen LogP) is 0.316.